The number of aromatic nitrogens is 2. The van der Waals surface area contributed by atoms with Crippen molar-refractivity contribution in [2.75, 3.05) is 20.6 Å². The van der Waals surface area contributed by atoms with Crippen LogP contribution in [0, 0.1) is 6.92 Å². The number of benzene rings is 2. The quantitative estimate of drug-likeness (QED) is 0.646. The van der Waals surface area contributed by atoms with Crippen molar-refractivity contribution in [3.05, 3.63) is 52.6 Å². The molecule has 0 amide bonds. The molecule has 120 valence electrons. The van der Waals surface area contributed by atoms with E-state index in [2.05, 4.69) is 89.0 Å². The molecule has 1 aromatic heterocycles. The van der Waals surface area contributed by atoms with Gasteiger partial charge < -0.3 is 4.90 Å². The molecule has 0 bridgehead atoms. The highest BCUT2D eigenvalue weighted by molar-refractivity contribution is 9.10. The summed E-state index contributed by atoms with van der Waals surface area (Å²) in [5.74, 6) is 0. The van der Waals surface area contributed by atoms with E-state index in [1.54, 1.807) is 0 Å². The van der Waals surface area contributed by atoms with E-state index in [0.717, 1.165) is 29.6 Å². The van der Waals surface area contributed by atoms with Gasteiger partial charge in [0.25, 0.3) is 0 Å². The van der Waals surface area contributed by atoms with Crippen LogP contribution >= 0.6 is 15.9 Å². The molecule has 0 radical (unpaired) electrons. The molecule has 3 rings (SSSR count). The van der Waals surface area contributed by atoms with E-state index in [9.17, 15) is 0 Å². The van der Waals surface area contributed by atoms with Crippen LogP contribution in [0.3, 0.4) is 0 Å². The van der Waals surface area contributed by atoms with Gasteiger partial charge in [-0.05, 0) is 78.7 Å². The van der Waals surface area contributed by atoms with Crippen molar-refractivity contribution < 1.29 is 0 Å². The standard InChI is InChI=1S/C19H22BrN3/c1-14-7-4-5-8-16(14)15-9-10-17-18(13-15)21-23(19(17)20)12-6-11-22(2)3/h4-5,7-10,13H,6,11-12H2,1-3H3. The van der Waals surface area contributed by atoms with E-state index in [-0.39, 0.29) is 0 Å². The van der Waals surface area contributed by atoms with Crippen LogP contribution in [0.5, 0.6) is 0 Å². The van der Waals surface area contributed by atoms with Crippen LogP contribution < -0.4 is 0 Å². The van der Waals surface area contributed by atoms with E-state index >= 15 is 0 Å². The van der Waals surface area contributed by atoms with Crippen LogP contribution in [0.25, 0.3) is 22.0 Å². The Morgan fingerprint density at radius 2 is 1.91 bits per heavy atom. The Balaban J connectivity index is 1.93. The molecular formula is C19H22BrN3. The summed E-state index contributed by atoms with van der Waals surface area (Å²) in [5, 5.41) is 5.95. The number of rotatable bonds is 5. The first-order chi connectivity index (χ1) is 11.1. The zero-order valence-electron chi connectivity index (χ0n) is 13.9. The van der Waals surface area contributed by atoms with Crippen LogP contribution in [0.1, 0.15) is 12.0 Å². The normalized spacial score (nSPS) is 11.5. The van der Waals surface area contributed by atoms with Crippen LogP contribution in [0.2, 0.25) is 0 Å². The van der Waals surface area contributed by atoms with E-state index < -0.39 is 0 Å². The molecule has 3 aromatic rings. The Kier molecular flexibility index (Phi) is 4.83. The smallest absolute Gasteiger partial charge is 0.111 e. The first-order valence-corrected chi connectivity index (χ1v) is 8.72. The number of nitrogens with zero attached hydrogens (tertiary/aromatic N) is 3. The lowest BCUT2D eigenvalue weighted by Gasteiger charge is -2.09. The summed E-state index contributed by atoms with van der Waals surface area (Å²) >= 11 is 3.70. The maximum absolute atomic E-state index is 4.78. The van der Waals surface area contributed by atoms with E-state index in [0.29, 0.717) is 0 Å². The fraction of sp³-hybridized carbons (Fsp3) is 0.316. The molecule has 3 nitrogen and oxygen atoms in total. The Morgan fingerprint density at radius 3 is 2.65 bits per heavy atom. The molecule has 0 atom stereocenters. The second-order valence-corrected chi connectivity index (χ2v) is 6.97. The summed E-state index contributed by atoms with van der Waals surface area (Å²) in [4.78, 5) is 2.20. The monoisotopic (exact) mass is 371 g/mol. The highest BCUT2D eigenvalue weighted by atomic mass is 79.9. The highest BCUT2D eigenvalue weighted by Gasteiger charge is 2.10. The highest BCUT2D eigenvalue weighted by Crippen LogP contribution is 2.30. The second-order valence-electron chi connectivity index (χ2n) is 6.22. The third kappa shape index (κ3) is 3.48. The summed E-state index contributed by atoms with van der Waals surface area (Å²) < 4.78 is 3.14. The zero-order valence-corrected chi connectivity index (χ0v) is 15.5. The lowest BCUT2D eigenvalue weighted by Crippen LogP contribution is -2.15. The van der Waals surface area contributed by atoms with E-state index in [1.165, 1.54) is 22.1 Å². The number of aryl methyl sites for hydroxylation is 2. The molecule has 4 heteroatoms. The maximum Gasteiger partial charge on any atom is 0.111 e. The topological polar surface area (TPSA) is 21.1 Å². The Morgan fingerprint density at radius 1 is 1.13 bits per heavy atom. The first kappa shape index (κ1) is 16.2. The zero-order chi connectivity index (χ0) is 16.4. The van der Waals surface area contributed by atoms with Gasteiger partial charge in [-0.25, -0.2) is 0 Å². The number of hydrogen-bond donors (Lipinski definition) is 0. The van der Waals surface area contributed by atoms with Crippen molar-refractivity contribution in [3.8, 4) is 11.1 Å². The first-order valence-electron chi connectivity index (χ1n) is 7.93. The van der Waals surface area contributed by atoms with Gasteiger partial charge in [0.15, 0.2) is 0 Å². The molecule has 0 saturated heterocycles. The van der Waals surface area contributed by atoms with Gasteiger partial charge in [0.1, 0.15) is 4.60 Å². The molecule has 23 heavy (non-hydrogen) atoms. The second kappa shape index (κ2) is 6.85. The summed E-state index contributed by atoms with van der Waals surface area (Å²) in [7, 11) is 4.20. The predicted molar refractivity (Wildman–Crippen MR) is 101 cm³/mol. The Hall–Kier alpha value is -1.65. The van der Waals surface area contributed by atoms with Gasteiger partial charge in [0, 0.05) is 11.9 Å². The largest absolute Gasteiger partial charge is 0.309 e. The fourth-order valence-corrected chi connectivity index (χ4v) is 3.44. The summed E-state index contributed by atoms with van der Waals surface area (Å²) in [6, 6.07) is 15.0. The molecule has 1 heterocycles. The lowest BCUT2D eigenvalue weighted by atomic mass is 10.00. The van der Waals surface area contributed by atoms with E-state index in [1.807, 2.05) is 0 Å². The van der Waals surface area contributed by atoms with Crippen LogP contribution in [0.15, 0.2) is 47.1 Å². The summed E-state index contributed by atoms with van der Waals surface area (Å²) in [6.45, 7) is 4.14. The van der Waals surface area contributed by atoms with Gasteiger partial charge in [-0.1, -0.05) is 30.3 Å². The molecular weight excluding hydrogens is 350 g/mol. The van der Waals surface area contributed by atoms with Gasteiger partial charge >= 0.3 is 0 Å². The molecule has 0 aliphatic carbocycles. The lowest BCUT2D eigenvalue weighted by molar-refractivity contribution is 0.380. The van der Waals surface area contributed by atoms with Gasteiger partial charge in [-0.2, -0.15) is 5.10 Å². The minimum absolute atomic E-state index is 0.924. The van der Waals surface area contributed by atoms with Crippen LogP contribution in [0.4, 0.5) is 0 Å². The molecule has 2 aromatic carbocycles. The third-order valence-electron chi connectivity index (χ3n) is 4.11. The molecule has 0 saturated carbocycles. The van der Waals surface area contributed by atoms with Gasteiger partial charge in [-0.3, -0.25) is 4.68 Å². The van der Waals surface area contributed by atoms with Crippen molar-refractivity contribution in [1.82, 2.24) is 14.7 Å². The van der Waals surface area contributed by atoms with Crippen LogP contribution in [-0.4, -0.2) is 35.3 Å². The molecule has 0 spiro atoms. The molecule has 0 aliphatic rings. The molecule has 0 unspecified atom stereocenters. The fourth-order valence-electron chi connectivity index (χ4n) is 2.85. The van der Waals surface area contributed by atoms with E-state index in [4.69, 9.17) is 5.10 Å². The van der Waals surface area contributed by atoms with Crippen LogP contribution in [-0.2, 0) is 6.54 Å². The van der Waals surface area contributed by atoms with Crippen molar-refractivity contribution in [2.24, 2.45) is 0 Å². The number of hydrogen-bond acceptors (Lipinski definition) is 2. The van der Waals surface area contributed by atoms with Gasteiger partial charge in [0.05, 0.1) is 5.52 Å². The molecule has 0 N–H and O–H groups in total. The average molecular weight is 372 g/mol. The number of fused-ring (bicyclic) bond motifs is 1. The summed E-state index contributed by atoms with van der Waals surface area (Å²) in [6.07, 6.45) is 1.09. The minimum Gasteiger partial charge on any atom is -0.309 e. The van der Waals surface area contributed by atoms with Crippen molar-refractivity contribution in [2.45, 2.75) is 19.9 Å². The average Bonchev–Trinajstić information content (AvgIpc) is 2.83. The number of halogens is 1. The van der Waals surface area contributed by atoms with Crippen molar-refractivity contribution >= 4 is 26.8 Å². The van der Waals surface area contributed by atoms with Crippen molar-refractivity contribution in [1.29, 1.82) is 0 Å². The third-order valence-corrected chi connectivity index (χ3v) is 4.94. The van der Waals surface area contributed by atoms with Crippen molar-refractivity contribution in [3.63, 3.8) is 0 Å². The molecule has 0 aliphatic heterocycles. The van der Waals surface area contributed by atoms with Gasteiger partial charge in [-0.15, -0.1) is 0 Å². The molecule has 0 fully saturated rings. The maximum atomic E-state index is 4.78. The SMILES string of the molecule is Cc1ccccc1-c1ccc2c(Br)n(CCCN(C)C)nc2c1. The minimum atomic E-state index is 0.924. The summed E-state index contributed by atoms with van der Waals surface area (Å²) in [5.41, 5.74) is 4.83. The predicted octanol–water partition coefficient (Wildman–Crippen LogP) is 4.73. The Bertz CT molecular complexity index is 821. The Labute approximate surface area is 146 Å². The van der Waals surface area contributed by atoms with Gasteiger partial charge in [0.2, 0.25) is 0 Å².